The van der Waals surface area contributed by atoms with Crippen molar-refractivity contribution in [3.8, 4) is 11.4 Å². The summed E-state index contributed by atoms with van der Waals surface area (Å²) in [5, 5.41) is 3.84. The second-order valence-corrected chi connectivity index (χ2v) is 8.67. The maximum Gasteiger partial charge on any atom is 0.260 e. The third kappa shape index (κ3) is 3.61. The topological polar surface area (TPSA) is 74.8 Å². The number of hydrogen-bond donors (Lipinski definition) is 2. The Balaban J connectivity index is 1.58. The SMILES string of the molecule is CCc1c(C)sc2nc(-c3ccc(C(=O)NC4CCCCC4)cc3)[nH]c(=O)c12. The van der Waals surface area contributed by atoms with Crippen molar-refractivity contribution < 1.29 is 4.79 Å². The maximum atomic E-state index is 12.6. The first-order chi connectivity index (χ1) is 13.6. The molecule has 0 radical (unpaired) electrons. The van der Waals surface area contributed by atoms with Crippen LogP contribution in [0.3, 0.4) is 0 Å². The van der Waals surface area contributed by atoms with E-state index in [0.717, 1.165) is 40.1 Å². The number of nitrogens with zero attached hydrogens (tertiary/aromatic N) is 1. The molecule has 0 atom stereocenters. The molecule has 0 spiro atoms. The molecule has 0 saturated heterocycles. The molecule has 1 aromatic carbocycles. The van der Waals surface area contributed by atoms with Crippen LogP contribution >= 0.6 is 11.3 Å². The van der Waals surface area contributed by atoms with E-state index >= 15 is 0 Å². The maximum absolute atomic E-state index is 12.6. The van der Waals surface area contributed by atoms with Gasteiger partial charge in [-0.15, -0.1) is 11.3 Å². The lowest BCUT2D eigenvalue weighted by Gasteiger charge is -2.22. The monoisotopic (exact) mass is 395 g/mol. The number of amides is 1. The average Bonchev–Trinajstić information content (AvgIpc) is 3.04. The first-order valence-electron chi connectivity index (χ1n) is 10.0. The minimum absolute atomic E-state index is 0.0307. The zero-order valence-corrected chi connectivity index (χ0v) is 17.1. The molecule has 0 unspecified atom stereocenters. The summed E-state index contributed by atoms with van der Waals surface area (Å²) in [5.41, 5.74) is 2.42. The van der Waals surface area contributed by atoms with E-state index in [1.807, 2.05) is 19.1 Å². The van der Waals surface area contributed by atoms with Gasteiger partial charge in [0, 0.05) is 22.0 Å². The lowest BCUT2D eigenvalue weighted by Crippen LogP contribution is -2.36. The van der Waals surface area contributed by atoms with E-state index in [1.54, 1.807) is 23.5 Å². The molecule has 5 nitrogen and oxygen atoms in total. The number of H-pyrrole nitrogens is 1. The van der Waals surface area contributed by atoms with Crippen LogP contribution in [0.25, 0.3) is 21.6 Å². The number of rotatable bonds is 4. The second-order valence-electron chi connectivity index (χ2n) is 7.47. The predicted octanol–water partition coefficient (Wildman–Crippen LogP) is 4.58. The van der Waals surface area contributed by atoms with Crippen LogP contribution in [0.2, 0.25) is 0 Å². The molecule has 4 rings (SSSR count). The summed E-state index contributed by atoms with van der Waals surface area (Å²) in [5.74, 6) is 0.512. The zero-order chi connectivity index (χ0) is 19.7. The van der Waals surface area contributed by atoms with Crippen LogP contribution in [-0.2, 0) is 6.42 Å². The van der Waals surface area contributed by atoms with Gasteiger partial charge in [0.2, 0.25) is 0 Å². The van der Waals surface area contributed by atoms with E-state index in [0.29, 0.717) is 16.8 Å². The van der Waals surface area contributed by atoms with Crippen molar-refractivity contribution >= 4 is 27.5 Å². The Morgan fingerprint density at radius 2 is 1.93 bits per heavy atom. The fourth-order valence-corrected chi connectivity index (χ4v) is 5.15. The molecule has 6 heteroatoms. The number of thiophene rings is 1. The third-order valence-corrected chi connectivity index (χ3v) is 6.62. The first-order valence-corrected chi connectivity index (χ1v) is 10.8. The first kappa shape index (κ1) is 18.9. The molecular weight excluding hydrogens is 370 g/mol. The Kier molecular flexibility index (Phi) is 5.31. The fourth-order valence-electron chi connectivity index (χ4n) is 4.03. The Bertz CT molecular complexity index is 1060. The predicted molar refractivity (Wildman–Crippen MR) is 114 cm³/mol. The highest BCUT2D eigenvalue weighted by Crippen LogP contribution is 2.28. The van der Waals surface area contributed by atoms with Crippen LogP contribution in [0.5, 0.6) is 0 Å². The van der Waals surface area contributed by atoms with Gasteiger partial charge in [0.05, 0.1) is 5.39 Å². The van der Waals surface area contributed by atoms with Gasteiger partial charge in [-0.3, -0.25) is 9.59 Å². The molecule has 1 aliphatic rings. The van der Waals surface area contributed by atoms with Crippen molar-refractivity contribution in [3.63, 3.8) is 0 Å². The van der Waals surface area contributed by atoms with Gasteiger partial charge < -0.3 is 10.3 Å². The van der Waals surface area contributed by atoms with E-state index < -0.39 is 0 Å². The van der Waals surface area contributed by atoms with Crippen LogP contribution in [0.1, 0.15) is 59.8 Å². The van der Waals surface area contributed by atoms with Gasteiger partial charge in [0.25, 0.3) is 11.5 Å². The van der Waals surface area contributed by atoms with Crippen molar-refractivity contribution in [2.24, 2.45) is 0 Å². The summed E-state index contributed by atoms with van der Waals surface area (Å²) in [4.78, 5) is 34.6. The number of aryl methyl sites for hydroxylation is 2. The quantitative estimate of drug-likeness (QED) is 0.679. The summed E-state index contributed by atoms with van der Waals surface area (Å²) in [6.07, 6.45) is 6.59. The number of aromatic amines is 1. The molecule has 1 saturated carbocycles. The highest BCUT2D eigenvalue weighted by molar-refractivity contribution is 7.18. The summed E-state index contributed by atoms with van der Waals surface area (Å²) in [7, 11) is 0. The Labute approximate surface area is 168 Å². The van der Waals surface area contributed by atoms with Crippen LogP contribution in [0.15, 0.2) is 29.1 Å². The summed E-state index contributed by atoms with van der Waals surface area (Å²) in [6, 6.07) is 7.59. The van der Waals surface area contributed by atoms with Gasteiger partial charge >= 0.3 is 0 Å². The van der Waals surface area contributed by atoms with E-state index in [2.05, 4.69) is 22.2 Å². The summed E-state index contributed by atoms with van der Waals surface area (Å²) >= 11 is 1.56. The number of hydrogen-bond acceptors (Lipinski definition) is 4. The van der Waals surface area contributed by atoms with Crippen molar-refractivity contribution in [3.05, 3.63) is 50.6 Å². The van der Waals surface area contributed by atoms with Gasteiger partial charge in [0.15, 0.2) is 0 Å². The second kappa shape index (κ2) is 7.87. The van der Waals surface area contributed by atoms with Crippen molar-refractivity contribution in [1.82, 2.24) is 15.3 Å². The van der Waals surface area contributed by atoms with Gasteiger partial charge in [-0.05, 0) is 43.9 Å². The lowest BCUT2D eigenvalue weighted by atomic mass is 9.95. The molecule has 2 N–H and O–H groups in total. The number of nitrogens with one attached hydrogen (secondary N) is 2. The Morgan fingerprint density at radius 1 is 1.21 bits per heavy atom. The van der Waals surface area contributed by atoms with E-state index in [1.165, 1.54) is 19.3 Å². The summed E-state index contributed by atoms with van der Waals surface area (Å²) in [6.45, 7) is 4.09. The zero-order valence-electron chi connectivity index (χ0n) is 16.3. The average molecular weight is 396 g/mol. The minimum atomic E-state index is -0.0969. The number of fused-ring (bicyclic) bond motifs is 1. The molecule has 0 bridgehead atoms. The highest BCUT2D eigenvalue weighted by atomic mass is 32.1. The molecule has 1 fully saturated rings. The van der Waals surface area contributed by atoms with E-state index in [-0.39, 0.29) is 17.5 Å². The van der Waals surface area contributed by atoms with Crippen molar-refractivity contribution in [1.29, 1.82) is 0 Å². The van der Waals surface area contributed by atoms with Crippen LogP contribution in [-0.4, -0.2) is 21.9 Å². The lowest BCUT2D eigenvalue weighted by molar-refractivity contribution is 0.0927. The molecule has 1 amide bonds. The van der Waals surface area contributed by atoms with Crippen LogP contribution in [0, 0.1) is 6.92 Å². The largest absolute Gasteiger partial charge is 0.349 e. The normalized spacial score (nSPS) is 15.1. The number of benzene rings is 1. The number of carbonyl (C=O) groups is 1. The number of aromatic nitrogens is 2. The van der Waals surface area contributed by atoms with Crippen LogP contribution < -0.4 is 10.9 Å². The number of carbonyl (C=O) groups excluding carboxylic acids is 1. The van der Waals surface area contributed by atoms with Gasteiger partial charge in [-0.2, -0.15) is 0 Å². The van der Waals surface area contributed by atoms with Crippen LogP contribution in [0.4, 0.5) is 0 Å². The van der Waals surface area contributed by atoms with Crippen molar-refractivity contribution in [2.45, 2.75) is 58.4 Å². The molecular formula is C22H25N3O2S. The summed E-state index contributed by atoms with van der Waals surface area (Å²) < 4.78 is 0. The molecule has 1 aliphatic carbocycles. The van der Waals surface area contributed by atoms with Gasteiger partial charge in [-0.1, -0.05) is 38.3 Å². The van der Waals surface area contributed by atoms with Gasteiger partial charge in [0.1, 0.15) is 10.7 Å². The molecule has 28 heavy (non-hydrogen) atoms. The molecule has 2 heterocycles. The molecule has 2 aromatic heterocycles. The molecule has 146 valence electrons. The molecule has 0 aliphatic heterocycles. The van der Waals surface area contributed by atoms with Crippen molar-refractivity contribution in [2.75, 3.05) is 0 Å². The molecule has 3 aromatic rings. The highest BCUT2D eigenvalue weighted by Gasteiger charge is 2.17. The minimum Gasteiger partial charge on any atom is -0.349 e. The smallest absolute Gasteiger partial charge is 0.260 e. The Hall–Kier alpha value is -2.47. The van der Waals surface area contributed by atoms with E-state index in [9.17, 15) is 9.59 Å². The Morgan fingerprint density at radius 3 is 2.61 bits per heavy atom. The standard InChI is InChI=1S/C22H25N3O2S/c1-3-17-13(2)28-22-18(17)21(27)24-19(25-22)14-9-11-15(12-10-14)20(26)23-16-7-5-4-6-8-16/h9-12,16H,3-8H2,1-2H3,(H,23,26)(H,24,25,27). The third-order valence-electron chi connectivity index (χ3n) is 5.58. The fraction of sp³-hybridized carbons (Fsp3) is 0.409. The van der Waals surface area contributed by atoms with E-state index in [4.69, 9.17) is 0 Å². The van der Waals surface area contributed by atoms with Gasteiger partial charge in [-0.25, -0.2) is 4.98 Å².